The molecule has 2 heterocycles. The topological polar surface area (TPSA) is 67.0 Å². The van der Waals surface area contributed by atoms with Crippen molar-refractivity contribution in [2.24, 2.45) is 0 Å². The van der Waals surface area contributed by atoms with E-state index >= 15 is 0 Å². The van der Waals surface area contributed by atoms with Crippen molar-refractivity contribution >= 4 is 5.97 Å². The van der Waals surface area contributed by atoms with Gasteiger partial charge in [0.05, 0.1) is 24.1 Å². The number of esters is 1. The Morgan fingerprint density at radius 2 is 2.10 bits per heavy atom. The molecule has 110 valence electrons. The van der Waals surface area contributed by atoms with Crippen LogP contribution in [0, 0.1) is 13.8 Å². The van der Waals surface area contributed by atoms with Crippen LogP contribution in [-0.4, -0.2) is 29.6 Å². The van der Waals surface area contributed by atoms with Gasteiger partial charge in [0, 0.05) is 25.1 Å². The van der Waals surface area contributed by atoms with Gasteiger partial charge in [-0.25, -0.2) is 9.78 Å². The van der Waals surface area contributed by atoms with Crippen LogP contribution in [0.2, 0.25) is 0 Å². The van der Waals surface area contributed by atoms with E-state index in [9.17, 15) is 4.79 Å². The number of rotatable bonds is 2. The molecule has 1 aliphatic heterocycles. The number of H-pyrrole nitrogens is 1. The first-order chi connectivity index (χ1) is 10.1. The van der Waals surface area contributed by atoms with Gasteiger partial charge in [-0.05, 0) is 31.0 Å². The van der Waals surface area contributed by atoms with Crippen molar-refractivity contribution in [3.05, 3.63) is 40.2 Å². The second kappa shape index (κ2) is 5.33. The van der Waals surface area contributed by atoms with E-state index in [-0.39, 0.29) is 5.97 Å². The molecule has 0 saturated heterocycles. The highest BCUT2D eigenvalue weighted by atomic mass is 16.5. The van der Waals surface area contributed by atoms with Crippen LogP contribution in [0.25, 0.3) is 11.4 Å². The van der Waals surface area contributed by atoms with Gasteiger partial charge in [-0.15, -0.1) is 0 Å². The molecule has 0 fully saturated rings. The summed E-state index contributed by atoms with van der Waals surface area (Å²) in [6, 6.07) is 3.87. The third-order valence-corrected chi connectivity index (χ3v) is 3.94. The molecule has 0 bridgehead atoms. The molecule has 3 rings (SSSR count). The van der Waals surface area contributed by atoms with Crippen molar-refractivity contribution in [1.82, 2.24) is 15.3 Å². The quantitative estimate of drug-likeness (QED) is 0.830. The zero-order valence-electron chi connectivity index (χ0n) is 12.5. The van der Waals surface area contributed by atoms with Crippen LogP contribution in [0.4, 0.5) is 0 Å². The third-order valence-electron chi connectivity index (χ3n) is 3.94. The Hall–Kier alpha value is -2.14. The number of nitrogens with one attached hydrogen (secondary N) is 2. The first-order valence-corrected chi connectivity index (χ1v) is 7.08. The Morgan fingerprint density at radius 1 is 1.29 bits per heavy atom. The zero-order chi connectivity index (χ0) is 15.0. The van der Waals surface area contributed by atoms with Crippen molar-refractivity contribution < 1.29 is 9.53 Å². The van der Waals surface area contributed by atoms with Crippen LogP contribution in [0.1, 0.15) is 32.9 Å². The maximum absolute atomic E-state index is 11.9. The molecule has 2 N–H and O–H groups in total. The summed E-state index contributed by atoms with van der Waals surface area (Å²) >= 11 is 0. The Balaban J connectivity index is 2.09. The van der Waals surface area contributed by atoms with E-state index in [0.29, 0.717) is 5.56 Å². The lowest BCUT2D eigenvalue weighted by Gasteiger charge is -2.09. The lowest BCUT2D eigenvalue weighted by Crippen LogP contribution is -2.23. The average Bonchev–Trinajstić information content (AvgIpc) is 2.90. The van der Waals surface area contributed by atoms with Crippen molar-refractivity contribution in [3.63, 3.8) is 0 Å². The molecule has 0 unspecified atom stereocenters. The van der Waals surface area contributed by atoms with E-state index in [4.69, 9.17) is 9.72 Å². The fraction of sp³-hybridized carbons (Fsp3) is 0.375. The minimum absolute atomic E-state index is 0.313. The first-order valence-electron chi connectivity index (χ1n) is 7.08. The highest BCUT2D eigenvalue weighted by Gasteiger charge is 2.18. The highest BCUT2D eigenvalue weighted by Crippen LogP contribution is 2.26. The summed E-state index contributed by atoms with van der Waals surface area (Å²) in [6.07, 6.45) is 0.931. The molecule has 21 heavy (non-hydrogen) atoms. The molecule has 0 saturated carbocycles. The fourth-order valence-corrected chi connectivity index (χ4v) is 2.78. The van der Waals surface area contributed by atoms with Gasteiger partial charge >= 0.3 is 5.97 Å². The number of aromatic amines is 1. The molecular formula is C16H19N3O2. The second-order valence-corrected chi connectivity index (χ2v) is 5.41. The number of ether oxygens (including phenoxy) is 1. The molecule has 0 atom stereocenters. The SMILES string of the molecule is COC(=O)c1cc(-c2nc3c([nH]2)CNCC3)c(C)cc1C. The minimum Gasteiger partial charge on any atom is -0.465 e. The molecule has 5 heteroatoms. The molecule has 0 radical (unpaired) electrons. The lowest BCUT2D eigenvalue weighted by molar-refractivity contribution is 0.0600. The summed E-state index contributed by atoms with van der Waals surface area (Å²) in [6.45, 7) is 5.72. The summed E-state index contributed by atoms with van der Waals surface area (Å²) in [5.74, 6) is 0.512. The second-order valence-electron chi connectivity index (χ2n) is 5.41. The summed E-state index contributed by atoms with van der Waals surface area (Å²) in [4.78, 5) is 19.9. The van der Waals surface area contributed by atoms with Gasteiger partial charge < -0.3 is 15.0 Å². The number of fused-ring (bicyclic) bond motifs is 1. The van der Waals surface area contributed by atoms with Gasteiger partial charge in [0.2, 0.25) is 0 Å². The van der Waals surface area contributed by atoms with Gasteiger partial charge in [-0.1, -0.05) is 6.07 Å². The van der Waals surface area contributed by atoms with E-state index in [1.165, 1.54) is 7.11 Å². The summed E-state index contributed by atoms with van der Waals surface area (Å²) in [7, 11) is 1.40. The third kappa shape index (κ3) is 2.45. The van der Waals surface area contributed by atoms with E-state index in [0.717, 1.165) is 53.4 Å². The zero-order valence-corrected chi connectivity index (χ0v) is 12.5. The number of aryl methyl sites for hydroxylation is 2. The summed E-state index contributed by atoms with van der Waals surface area (Å²) in [5, 5.41) is 3.32. The standard InChI is InChI=1S/C16H19N3O2/c1-9-6-10(2)12(16(20)21-3)7-11(9)15-18-13-4-5-17-8-14(13)19-15/h6-7,17H,4-5,8H2,1-3H3,(H,18,19). The number of methoxy groups -OCH3 is 1. The average molecular weight is 285 g/mol. The van der Waals surface area contributed by atoms with E-state index < -0.39 is 0 Å². The Bertz CT molecular complexity index is 680. The van der Waals surface area contributed by atoms with Crippen LogP contribution in [0.15, 0.2) is 12.1 Å². The maximum atomic E-state index is 11.9. The molecule has 0 spiro atoms. The normalized spacial score (nSPS) is 13.9. The number of imidazole rings is 1. The molecule has 1 aliphatic rings. The van der Waals surface area contributed by atoms with Crippen LogP contribution in [0.5, 0.6) is 0 Å². The monoisotopic (exact) mass is 285 g/mol. The van der Waals surface area contributed by atoms with E-state index in [1.807, 2.05) is 26.0 Å². The first kappa shape index (κ1) is 13.8. The maximum Gasteiger partial charge on any atom is 0.338 e. The van der Waals surface area contributed by atoms with Crippen LogP contribution < -0.4 is 5.32 Å². The summed E-state index contributed by atoms with van der Waals surface area (Å²) < 4.78 is 4.85. The molecule has 0 aliphatic carbocycles. The smallest absolute Gasteiger partial charge is 0.338 e. The van der Waals surface area contributed by atoms with Crippen LogP contribution in [0.3, 0.4) is 0 Å². The number of benzene rings is 1. The van der Waals surface area contributed by atoms with E-state index in [1.54, 1.807) is 0 Å². The van der Waals surface area contributed by atoms with Crippen LogP contribution >= 0.6 is 0 Å². The largest absolute Gasteiger partial charge is 0.465 e. The number of nitrogens with zero attached hydrogens (tertiary/aromatic N) is 1. The molecule has 5 nitrogen and oxygen atoms in total. The minimum atomic E-state index is -0.313. The number of carbonyl (C=O) groups is 1. The number of aromatic nitrogens is 2. The highest BCUT2D eigenvalue weighted by molar-refractivity contribution is 5.92. The summed E-state index contributed by atoms with van der Waals surface area (Å²) in [5.41, 5.74) is 5.81. The van der Waals surface area contributed by atoms with E-state index in [2.05, 4.69) is 10.3 Å². The van der Waals surface area contributed by atoms with Gasteiger partial charge in [0.1, 0.15) is 5.82 Å². The van der Waals surface area contributed by atoms with Crippen molar-refractivity contribution in [2.45, 2.75) is 26.8 Å². The van der Waals surface area contributed by atoms with Crippen molar-refractivity contribution in [3.8, 4) is 11.4 Å². The molecule has 1 aromatic carbocycles. The Kier molecular flexibility index (Phi) is 3.51. The lowest BCUT2D eigenvalue weighted by atomic mass is 9.99. The Morgan fingerprint density at radius 3 is 2.81 bits per heavy atom. The van der Waals surface area contributed by atoms with Gasteiger partial charge in [0.25, 0.3) is 0 Å². The predicted octanol–water partition coefficient (Wildman–Crippen LogP) is 2.13. The number of hydrogen-bond acceptors (Lipinski definition) is 4. The Labute approximate surface area is 123 Å². The fourth-order valence-electron chi connectivity index (χ4n) is 2.78. The van der Waals surface area contributed by atoms with Crippen molar-refractivity contribution in [1.29, 1.82) is 0 Å². The number of carbonyl (C=O) groups excluding carboxylic acids is 1. The molecule has 0 amide bonds. The molecular weight excluding hydrogens is 266 g/mol. The van der Waals surface area contributed by atoms with Crippen LogP contribution in [-0.2, 0) is 17.7 Å². The number of hydrogen-bond donors (Lipinski definition) is 2. The predicted molar refractivity (Wildman–Crippen MR) is 80.2 cm³/mol. The van der Waals surface area contributed by atoms with Crippen molar-refractivity contribution in [2.75, 3.05) is 13.7 Å². The molecule has 2 aromatic rings. The van der Waals surface area contributed by atoms with Gasteiger partial charge in [-0.2, -0.15) is 0 Å². The van der Waals surface area contributed by atoms with Gasteiger partial charge in [-0.3, -0.25) is 0 Å². The molecule has 1 aromatic heterocycles. The van der Waals surface area contributed by atoms with Gasteiger partial charge in [0.15, 0.2) is 0 Å².